The molecule has 7 nitrogen and oxygen atoms in total. The van der Waals surface area contributed by atoms with Gasteiger partial charge in [-0.05, 0) is 49.9 Å². The molecule has 3 aromatic rings. The molecule has 1 N–H and O–H groups in total. The van der Waals surface area contributed by atoms with Gasteiger partial charge in [0.1, 0.15) is 10.8 Å². The first-order chi connectivity index (χ1) is 15.5. The van der Waals surface area contributed by atoms with Crippen LogP contribution in [0.1, 0.15) is 55.9 Å². The normalized spacial score (nSPS) is 14.4. The Morgan fingerprint density at radius 1 is 1.22 bits per heavy atom. The number of thiophene rings is 1. The molecule has 0 bridgehead atoms. The fraction of sp³-hybridized carbons (Fsp3) is 0.391. The van der Waals surface area contributed by atoms with Crippen molar-refractivity contribution in [1.29, 1.82) is 0 Å². The number of esters is 1. The van der Waals surface area contributed by atoms with Crippen LogP contribution in [0.15, 0.2) is 34.4 Å². The number of nitrogens with zero attached hydrogens (tertiary/aromatic N) is 2. The van der Waals surface area contributed by atoms with E-state index in [1.807, 2.05) is 0 Å². The van der Waals surface area contributed by atoms with Crippen molar-refractivity contribution in [3.05, 3.63) is 51.5 Å². The summed E-state index contributed by atoms with van der Waals surface area (Å²) in [7, 11) is 0. The van der Waals surface area contributed by atoms with E-state index in [0.29, 0.717) is 28.4 Å². The monoisotopic (exact) mass is 457 g/mol. The van der Waals surface area contributed by atoms with E-state index in [-0.39, 0.29) is 23.6 Å². The van der Waals surface area contributed by atoms with Gasteiger partial charge in [0.05, 0.1) is 17.7 Å². The number of ether oxygens (including phenoxy) is 1. The average molecular weight is 458 g/mol. The molecule has 1 fully saturated rings. The van der Waals surface area contributed by atoms with Crippen molar-refractivity contribution < 1.29 is 18.7 Å². The largest absolute Gasteiger partial charge is 0.461 e. The molecule has 1 aromatic carbocycles. The fourth-order valence-electron chi connectivity index (χ4n) is 4.08. The minimum atomic E-state index is -0.675. The summed E-state index contributed by atoms with van der Waals surface area (Å²) in [4.78, 5) is 38.6. The molecule has 0 spiro atoms. The number of fused-ring (bicyclic) bond motifs is 1. The van der Waals surface area contributed by atoms with E-state index in [4.69, 9.17) is 4.74 Å². The maximum absolute atomic E-state index is 13.4. The number of halogens is 1. The zero-order valence-electron chi connectivity index (χ0n) is 17.7. The maximum atomic E-state index is 13.4. The van der Waals surface area contributed by atoms with Gasteiger partial charge in [0.15, 0.2) is 5.69 Å². The average Bonchev–Trinajstić information content (AvgIpc) is 3.19. The van der Waals surface area contributed by atoms with Crippen LogP contribution in [0.25, 0.3) is 16.5 Å². The molecule has 1 aliphatic carbocycles. The topological polar surface area (TPSA) is 90.3 Å². The van der Waals surface area contributed by atoms with Crippen molar-refractivity contribution in [2.75, 3.05) is 11.9 Å². The first-order valence-electron chi connectivity index (χ1n) is 10.8. The lowest BCUT2D eigenvalue weighted by molar-refractivity contribution is -0.117. The highest BCUT2D eigenvalue weighted by Gasteiger charge is 2.24. The predicted molar refractivity (Wildman–Crippen MR) is 121 cm³/mol. The van der Waals surface area contributed by atoms with Gasteiger partial charge in [-0.2, -0.15) is 9.78 Å². The van der Waals surface area contributed by atoms with Crippen molar-refractivity contribution in [3.8, 4) is 5.69 Å². The van der Waals surface area contributed by atoms with Crippen LogP contribution in [-0.4, -0.2) is 28.3 Å². The molecule has 0 unspecified atom stereocenters. The minimum absolute atomic E-state index is 0.0326. The van der Waals surface area contributed by atoms with Crippen molar-refractivity contribution in [1.82, 2.24) is 9.78 Å². The number of rotatable bonds is 6. The predicted octanol–water partition coefficient (Wildman–Crippen LogP) is 4.67. The second kappa shape index (κ2) is 9.60. The Kier molecular flexibility index (Phi) is 6.64. The van der Waals surface area contributed by atoms with Crippen LogP contribution >= 0.6 is 11.3 Å². The number of aromatic nitrogens is 2. The van der Waals surface area contributed by atoms with Crippen LogP contribution < -0.4 is 10.9 Å². The molecule has 0 saturated heterocycles. The third-order valence-corrected chi connectivity index (χ3v) is 6.54. The molecule has 4 rings (SSSR count). The molecule has 1 aliphatic rings. The molecular weight excluding hydrogens is 433 g/mol. The lowest BCUT2D eigenvalue weighted by Crippen LogP contribution is -2.26. The summed E-state index contributed by atoms with van der Waals surface area (Å²) >= 11 is 1.17. The molecular formula is C23H24FN3O4S. The van der Waals surface area contributed by atoms with Crippen molar-refractivity contribution in [2.45, 2.75) is 45.4 Å². The summed E-state index contributed by atoms with van der Waals surface area (Å²) in [6.45, 7) is 1.82. The van der Waals surface area contributed by atoms with E-state index in [9.17, 15) is 18.8 Å². The van der Waals surface area contributed by atoms with Crippen molar-refractivity contribution in [3.63, 3.8) is 0 Å². The summed E-state index contributed by atoms with van der Waals surface area (Å²) in [5.74, 6) is -0.934. The smallest absolute Gasteiger partial charge is 0.359 e. The van der Waals surface area contributed by atoms with Gasteiger partial charge in [0.2, 0.25) is 5.91 Å². The van der Waals surface area contributed by atoms with Gasteiger partial charge in [-0.15, -0.1) is 11.3 Å². The summed E-state index contributed by atoms with van der Waals surface area (Å²) in [6, 6.07) is 5.22. The lowest BCUT2D eigenvalue weighted by Gasteiger charge is -2.20. The number of hydrogen-bond donors (Lipinski definition) is 1. The summed E-state index contributed by atoms with van der Waals surface area (Å²) < 4.78 is 19.5. The number of hydrogen-bond acceptors (Lipinski definition) is 6. The molecule has 0 aliphatic heterocycles. The highest BCUT2D eigenvalue weighted by Crippen LogP contribution is 2.32. The van der Waals surface area contributed by atoms with Gasteiger partial charge in [-0.3, -0.25) is 9.59 Å². The quantitative estimate of drug-likeness (QED) is 0.543. The molecule has 1 amide bonds. The van der Waals surface area contributed by atoms with Crippen LogP contribution in [0.2, 0.25) is 0 Å². The van der Waals surface area contributed by atoms with Crippen LogP contribution in [0.3, 0.4) is 0 Å². The fourth-order valence-corrected chi connectivity index (χ4v) is 5.03. The number of anilines is 1. The summed E-state index contributed by atoms with van der Waals surface area (Å²) in [5.41, 5.74) is -0.238. The van der Waals surface area contributed by atoms with E-state index >= 15 is 0 Å². The zero-order valence-corrected chi connectivity index (χ0v) is 18.5. The molecule has 32 heavy (non-hydrogen) atoms. The van der Waals surface area contributed by atoms with Crippen LogP contribution in [0.4, 0.5) is 9.39 Å². The van der Waals surface area contributed by atoms with Gasteiger partial charge >= 0.3 is 5.97 Å². The van der Waals surface area contributed by atoms with Gasteiger partial charge in [-0.25, -0.2) is 9.18 Å². The Morgan fingerprint density at radius 2 is 1.94 bits per heavy atom. The second-order valence-electron chi connectivity index (χ2n) is 7.87. The summed E-state index contributed by atoms with van der Waals surface area (Å²) in [5, 5.41) is 9.58. The Bertz CT molecular complexity index is 1200. The van der Waals surface area contributed by atoms with Crippen LogP contribution in [0, 0.1) is 11.7 Å². The summed E-state index contributed by atoms with van der Waals surface area (Å²) in [6.07, 6.45) is 5.95. The van der Waals surface area contributed by atoms with E-state index in [0.717, 1.165) is 30.4 Å². The van der Waals surface area contributed by atoms with Gasteiger partial charge in [-0.1, -0.05) is 19.3 Å². The molecule has 0 atom stereocenters. The number of nitrogens with one attached hydrogen (secondary N) is 1. The third-order valence-electron chi connectivity index (χ3n) is 5.64. The number of benzene rings is 1. The molecule has 1 saturated carbocycles. The Hall–Kier alpha value is -3.07. The number of amides is 1. The first kappa shape index (κ1) is 22.1. The van der Waals surface area contributed by atoms with Crippen molar-refractivity contribution >= 4 is 39.0 Å². The van der Waals surface area contributed by atoms with E-state index in [2.05, 4.69) is 10.4 Å². The number of carbonyl (C=O) groups is 2. The maximum Gasteiger partial charge on any atom is 0.359 e. The van der Waals surface area contributed by atoms with E-state index in [1.165, 1.54) is 42.0 Å². The highest BCUT2D eigenvalue weighted by atomic mass is 32.1. The van der Waals surface area contributed by atoms with E-state index < -0.39 is 17.3 Å². The standard InChI is InChI=1S/C23H24FN3O4S/c1-2-31-23(30)20-17-13-32-21(25-18(28)12-14-6-4-3-5-7-14)19(17)22(29)27(26-20)16-10-8-15(24)9-11-16/h8-11,13-14H,2-7,12H2,1H3,(H,25,28). The second-order valence-corrected chi connectivity index (χ2v) is 8.75. The molecule has 2 aromatic heterocycles. The van der Waals surface area contributed by atoms with E-state index in [1.54, 1.807) is 12.3 Å². The molecule has 0 radical (unpaired) electrons. The Labute approximate surface area is 188 Å². The first-order valence-corrected chi connectivity index (χ1v) is 11.6. The minimum Gasteiger partial charge on any atom is -0.461 e. The van der Waals surface area contributed by atoms with Gasteiger partial charge in [0, 0.05) is 17.2 Å². The van der Waals surface area contributed by atoms with Crippen LogP contribution in [-0.2, 0) is 9.53 Å². The van der Waals surface area contributed by atoms with Gasteiger partial charge < -0.3 is 10.1 Å². The molecule has 9 heteroatoms. The Morgan fingerprint density at radius 3 is 2.62 bits per heavy atom. The lowest BCUT2D eigenvalue weighted by atomic mass is 9.87. The van der Waals surface area contributed by atoms with Gasteiger partial charge in [0.25, 0.3) is 5.56 Å². The third kappa shape index (κ3) is 4.57. The molecule has 168 valence electrons. The molecule has 2 heterocycles. The van der Waals surface area contributed by atoms with Crippen LogP contribution in [0.5, 0.6) is 0 Å². The highest BCUT2D eigenvalue weighted by molar-refractivity contribution is 7.16. The zero-order chi connectivity index (χ0) is 22.7. The SMILES string of the molecule is CCOC(=O)c1nn(-c2ccc(F)cc2)c(=O)c2c(NC(=O)CC3CCCCC3)scc12. The van der Waals surface area contributed by atoms with Crippen molar-refractivity contribution in [2.24, 2.45) is 5.92 Å². The number of carbonyl (C=O) groups excluding carboxylic acids is 2. The Balaban J connectivity index is 1.75.